The molecule has 0 radical (unpaired) electrons. The highest BCUT2D eigenvalue weighted by atomic mass is 16.6. The number of carbonyl (C=O) groups excluding carboxylic acids is 1. The Morgan fingerprint density at radius 1 is 1.36 bits per heavy atom. The van der Waals surface area contributed by atoms with Gasteiger partial charge in [0.1, 0.15) is 12.2 Å². The summed E-state index contributed by atoms with van der Waals surface area (Å²) >= 11 is 0. The molecule has 1 aromatic heterocycles. The number of nitro groups is 1. The van der Waals surface area contributed by atoms with Gasteiger partial charge in [0.05, 0.1) is 11.0 Å². The third kappa shape index (κ3) is 3.77. The highest BCUT2D eigenvalue weighted by molar-refractivity contribution is 5.92. The summed E-state index contributed by atoms with van der Waals surface area (Å²) in [5, 5.41) is 21.8. The summed E-state index contributed by atoms with van der Waals surface area (Å²) in [6.07, 6.45) is 1.15. The lowest BCUT2D eigenvalue weighted by atomic mass is 10.3. The zero-order valence-corrected chi connectivity index (χ0v) is 11.2. The number of aromatic nitrogens is 1. The molecule has 110 valence electrons. The van der Waals surface area contributed by atoms with Gasteiger partial charge < -0.3 is 10.1 Å². The van der Waals surface area contributed by atoms with E-state index in [0.29, 0.717) is 11.4 Å². The van der Waals surface area contributed by atoms with Gasteiger partial charge in [-0.05, 0) is 30.3 Å². The Hall–Kier alpha value is -3.47. The number of nitrogens with one attached hydrogen (secondary N) is 1. The molecule has 0 saturated carbocycles. The van der Waals surface area contributed by atoms with E-state index in [4.69, 9.17) is 10.00 Å². The predicted molar refractivity (Wildman–Crippen MR) is 76.3 cm³/mol. The van der Waals surface area contributed by atoms with Gasteiger partial charge >= 0.3 is 5.69 Å². The number of anilines is 1. The summed E-state index contributed by atoms with van der Waals surface area (Å²) in [7, 11) is 0. The lowest BCUT2D eigenvalue weighted by Crippen LogP contribution is -2.09. The van der Waals surface area contributed by atoms with Crippen LogP contribution in [-0.4, -0.2) is 15.8 Å². The molecule has 0 unspecified atom stereocenters. The van der Waals surface area contributed by atoms with Crippen LogP contribution in [0, 0.1) is 21.4 Å². The fraction of sp³-hybridized carbons (Fsp3) is 0.0714. The molecule has 2 aromatic rings. The van der Waals surface area contributed by atoms with Crippen molar-refractivity contribution >= 4 is 17.3 Å². The van der Waals surface area contributed by atoms with Crippen molar-refractivity contribution < 1.29 is 14.5 Å². The van der Waals surface area contributed by atoms with E-state index in [-0.39, 0.29) is 18.0 Å². The molecular weight excluding hydrogens is 288 g/mol. The Balaban J connectivity index is 2.11. The smallest absolute Gasteiger partial charge is 0.331 e. The Morgan fingerprint density at radius 3 is 2.73 bits per heavy atom. The second-order valence-electron chi connectivity index (χ2n) is 4.09. The van der Waals surface area contributed by atoms with Gasteiger partial charge in [0.15, 0.2) is 0 Å². The molecule has 0 saturated heterocycles. The van der Waals surface area contributed by atoms with Gasteiger partial charge in [-0.3, -0.25) is 14.9 Å². The molecule has 1 aromatic carbocycles. The minimum Gasteiger partial charge on any atom is -0.434 e. The van der Waals surface area contributed by atoms with Crippen LogP contribution in [0.3, 0.4) is 0 Å². The maximum atomic E-state index is 11.3. The van der Waals surface area contributed by atoms with E-state index in [0.717, 1.165) is 0 Å². The van der Waals surface area contributed by atoms with Crippen molar-refractivity contribution in [3.8, 4) is 17.7 Å². The quantitative estimate of drug-likeness (QED) is 0.669. The summed E-state index contributed by atoms with van der Waals surface area (Å²) in [4.78, 5) is 25.4. The number of rotatable bonds is 5. The van der Waals surface area contributed by atoms with Gasteiger partial charge in [0.25, 0.3) is 5.88 Å². The molecule has 22 heavy (non-hydrogen) atoms. The Bertz CT molecular complexity index is 737. The molecule has 1 amide bonds. The Kier molecular flexibility index (Phi) is 4.62. The average Bonchev–Trinajstić information content (AvgIpc) is 2.50. The number of hydrogen-bond donors (Lipinski definition) is 1. The van der Waals surface area contributed by atoms with Crippen LogP contribution in [0.15, 0.2) is 42.6 Å². The fourth-order valence-electron chi connectivity index (χ4n) is 1.59. The van der Waals surface area contributed by atoms with Crippen LogP contribution in [0.5, 0.6) is 11.6 Å². The summed E-state index contributed by atoms with van der Waals surface area (Å²) in [6.45, 7) is 0. The Morgan fingerprint density at radius 2 is 2.09 bits per heavy atom. The number of benzene rings is 1. The lowest BCUT2D eigenvalue weighted by Gasteiger charge is -2.06. The van der Waals surface area contributed by atoms with E-state index < -0.39 is 10.8 Å². The number of nitriles is 1. The molecule has 1 heterocycles. The van der Waals surface area contributed by atoms with Crippen molar-refractivity contribution in [1.82, 2.24) is 4.98 Å². The van der Waals surface area contributed by atoms with Crippen LogP contribution >= 0.6 is 0 Å². The summed E-state index contributed by atoms with van der Waals surface area (Å²) in [6, 6.07) is 10.6. The van der Waals surface area contributed by atoms with Crippen LogP contribution in [0.1, 0.15) is 6.42 Å². The molecule has 0 bridgehead atoms. The number of pyridine rings is 1. The van der Waals surface area contributed by atoms with Gasteiger partial charge in [-0.25, -0.2) is 4.98 Å². The van der Waals surface area contributed by atoms with Crippen molar-refractivity contribution in [3.63, 3.8) is 0 Å². The Labute approximate surface area is 125 Å². The highest BCUT2D eigenvalue weighted by Gasteiger charge is 2.16. The standard InChI is InChI=1S/C14H10N4O4/c15-8-7-13(19)17-10-3-5-11(6-4-10)22-14-12(18(20)21)2-1-9-16-14/h1-6,9H,7H2,(H,17,19). The van der Waals surface area contributed by atoms with Crippen LogP contribution in [-0.2, 0) is 4.79 Å². The maximum absolute atomic E-state index is 11.3. The molecule has 8 heteroatoms. The van der Waals surface area contributed by atoms with E-state index in [9.17, 15) is 14.9 Å². The molecule has 8 nitrogen and oxygen atoms in total. The van der Waals surface area contributed by atoms with Crippen molar-refractivity contribution in [2.75, 3.05) is 5.32 Å². The van der Waals surface area contributed by atoms with Crippen molar-refractivity contribution in [1.29, 1.82) is 5.26 Å². The topological polar surface area (TPSA) is 118 Å². The molecule has 0 atom stereocenters. The molecule has 0 aliphatic rings. The molecule has 0 aliphatic carbocycles. The highest BCUT2D eigenvalue weighted by Crippen LogP contribution is 2.28. The second-order valence-corrected chi connectivity index (χ2v) is 4.09. The maximum Gasteiger partial charge on any atom is 0.331 e. The van der Waals surface area contributed by atoms with E-state index in [1.165, 1.54) is 30.5 Å². The van der Waals surface area contributed by atoms with E-state index in [2.05, 4.69) is 10.3 Å². The molecule has 0 aliphatic heterocycles. The molecule has 0 fully saturated rings. The van der Waals surface area contributed by atoms with Crippen molar-refractivity contribution in [3.05, 3.63) is 52.7 Å². The number of nitrogens with zero attached hydrogens (tertiary/aromatic N) is 3. The minimum absolute atomic E-state index is 0.117. The fourth-order valence-corrected chi connectivity index (χ4v) is 1.59. The van der Waals surface area contributed by atoms with Gasteiger partial charge in [-0.2, -0.15) is 5.26 Å². The first kappa shape index (κ1) is 14.9. The molecule has 2 rings (SSSR count). The number of ether oxygens (including phenoxy) is 1. The first-order valence-electron chi connectivity index (χ1n) is 6.14. The zero-order chi connectivity index (χ0) is 15.9. The monoisotopic (exact) mass is 298 g/mol. The third-order valence-corrected chi connectivity index (χ3v) is 2.54. The predicted octanol–water partition coefficient (Wildman–Crippen LogP) is 2.63. The largest absolute Gasteiger partial charge is 0.434 e. The van der Waals surface area contributed by atoms with Crippen molar-refractivity contribution in [2.45, 2.75) is 6.42 Å². The van der Waals surface area contributed by atoms with Crippen molar-refractivity contribution in [2.24, 2.45) is 0 Å². The molecule has 0 spiro atoms. The SMILES string of the molecule is N#CCC(=O)Nc1ccc(Oc2ncccc2[N+](=O)[O-])cc1. The lowest BCUT2D eigenvalue weighted by molar-refractivity contribution is -0.386. The second kappa shape index (κ2) is 6.81. The van der Waals surface area contributed by atoms with Crippen LogP contribution in [0.4, 0.5) is 11.4 Å². The third-order valence-electron chi connectivity index (χ3n) is 2.54. The minimum atomic E-state index is -0.585. The van der Waals surface area contributed by atoms with Gasteiger partial charge in [-0.1, -0.05) is 0 Å². The summed E-state index contributed by atoms with van der Waals surface area (Å²) in [5.74, 6) is -0.203. The van der Waals surface area contributed by atoms with Crippen LogP contribution in [0.2, 0.25) is 0 Å². The van der Waals surface area contributed by atoms with Gasteiger partial charge in [0.2, 0.25) is 5.91 Å². The first-order valence-corrected chi connectivity index (χ1v) is 6.14. The van der Waals surface area contributed by atoms with E-state index in [1.54, 1.807) is 18.2 Å². The van der Waals surface area contributed by atoms with E-state index in [1.807, 2.05) is 0 Å². The average molecular weight is 298 g/mol. The van der Waals surface area contributed by atoms with Crippen LogP contribution in [0.25, 0.3) is 0 Å². The van der Waals surface area contributed by atoms with Gasteiger partial charge in [-0.15, -0.1) is 0 Å². The molecular formula is C14H10N4O4. The normalized spacial score (nSPS) is 9.59. The van der Waals surface area contributed by atoms with Crippen LogP contribution < -0.4 is 10.1 Å². The zero-order valence-electron chi connectivity index (χ0n) is 11.2. The van der Waals surface area contributed by atoms with Gasteiger partial charge in [0, 0.05) is 18.0 Å². The first-order chi connectivity index (χ1) is 10.6. The number of carbonyl (C=O) groups is 1. The number of hydrogen-bond acceptors (Lipinski definition) is 6. The number of amides is 1. The summed E-state index contributed by atoms with van der Waals surface area (Å²) < 4.78 is 5.36. The molecule has 1 N–H and O–H groups in total. The summed E-state index contributed by atoms with van der Waals surface area (Å²) in [5.41, 5.74) is 0.247. The van der Waals surface area contributed by atoms with E-state index >= 15 is 0 Å².